The Hall–Kier alpha value is -4.18. The molecule has 5 aromatic carbocycles. The van der Waals surface area contributed by atoms with Crippen LogP contribution < -0.4 is 4.90 Å². The van der Waals surface area contributed by atoms with E-state index in [4.69, 9.17) is 28.2 Å². The lowest BCUT2D eigenvalue weighted by molar-refractivity contribution is -0.458. The molecule has 190 valence electrons. The molecule has 0 spiro atoms. The van der Waals surface area contributed by atoms with Crippen molar-refractivity contribution in [3.05, 3.63) is 166 Å². The van der Waals surface area contributed by atoms with E-state index in [0.717, 1.165) is 34.2 Å². The highest BCUT2D eigenvalue weighted by Crippen LogP contribution is 2.34. The molecular formula is C34H26Cl2N3+. The maximum atomic E-state index is 6.78. The van der Waals surface area contributed by atoms with Gasteiger partial charge in [-0.3, -0.25) is 4.90 Å². The molecule has 0 aliphatic carbocycles. The third-order valence-electron chi connectivity index (χ3n) is 6.79. The van der Waals surface area contributed by atoms with Gasteiger partial charge in [-0.05, 0) is 52.5 Å². The Morgan fingerprint density at radius 2 is 1.13 bits per heavy atom. The molecular weight excluding hydrogens is 521 g/mol. The van der Waals surface area contributed by atoms with Gasteiger partial charge in [-0.1, -0.05) is 120 Å². The fourth-order valence-electron chi connectivity index (χ4n) is 4.93. The highest BCUT2D eigenvalue weighted by atomic mass is 35.5. The average molecular weight is 548 g/mol. The molecule has 0 aromatic heterocycles. The van der Waals surface area contributed by atoms with Crippen molar-refractivity contribution >= 4 is 46.2 Å². The number of anilines is 1. The minimum absolute atomic E-state index is 0.621. The lowest BCUT2D eigenvalue weighted by Gasteiger charge is -2.23. The zero-order valence-corrected chi connectivity index (χ0v) is 22.7. The van der Waals surface area contributed by atoms with Crippen molar-refractivity contribution in [2.45, 2.75) is 13.1 Å². The molecule has 0 atom stereocenters. The van der Waals surface area contributed by atoms with Gasteiger partial charge in [0, 0.05) is 0 Å². The molecule has 0 bridgehead atoms. The van der Waals surface area contributed by atoms with Gasteiger partial charge in [0.2, 0.25) is 0 Å². The van der Waals surface area contributed by atoms with Crippen LogP contribution in [0, 0.1) is 0 Å². The van der Waals surface area contributed by atoms with Crippen molar-refractivity contribution in [3.8, 4) is 0 Å². The zero-order chi connectivity index (χ0) is 26.6. The summed E-state index contributed by atoms with van der Waals surface area (Å²) < 4.78 is 2.21. The van der Waals surface area contributed by atoms with Crippen LogP contribution in [0.15, 0.2) is 138 Å². The predicted molar refractivity (Wildman–Crippen MR) is 163 cm³/mol. The number of para-hydroxylation sites is 2. The molecule has 0 unspecified atom stereocenters. The summed E-state index contributed by atoms with van der Waals surface area (Å²) in [5.41, 5.74) is 6.24. The van der Waals surface area contributed by atoms with E-state index in [9.17, 15) is 0 Å². The second-order valence-corrected chi connectivity index (χ2v) is 10.2. The number of nitrogens with zero attached hydrogens (tertiary/aromatic N) is 3. The molecule has 1 heterocycles. The number of benzene rings is 5. The van der Waals surface area contributed by atoms with Crippen LogP contribution in [0.3, 0.4) is 0 Å². The largest absolute Gasteiger partial charge is 0.334 e. The van der Waals surface area contributed by atoms with Crippen LogP contribution in [0.1, 0.15) is 22.3 Å². The van der Waals surface area contributed by atoms with Gasteiger partial charge in [-0.25, -0.2) is 4.58 Å². The van der Waals surface area contributed by atoms with Gasteiger partial charge in [0.15, 0.2) is 0 Å². The average Bonchev–Trinajstić information content (AvgIpc) is 3.36. The quantitative estimate of drug-likeness (QED) is 0.195. The van der Waals surface area contributed by atoms with E-state index in [1.807, 2.05) is 60.7 Å². The number of fused-ring (bicyclic) bond motifs is 1. The number of amidine groups is 2. The first-order chi connectivity index (χ1) is 19.2. The van der Waals surface area contributed by atoms with E-state index in [-0.39, 0.29) is 0 Å². The SMILES string of the molecule is Clc1ccccc1N(Cc1ccccc1)C1=NC(=[N+](Cc2ccccc2)c2ccccc2Cl)c2ccccc21. The van der Waals surface area contributed by atoms with Gasteiger partial charge in [-0.15, -0.1) is 0 Å². The molecule has 5 heteroatoms. The third kappa shape index (κ3) is 5.24. The number of hydrogen-bond acceptors (Lipinski definition) is 1. The van der Waals surface area contributed by atoms with Crippen LogP contribution in [0.25, 0.3) is 0 Å². The molecule has 1 aliphatic rings. The van der Waals surface area contributed by atoms with E-state index < -0.39 is 0 Å². The first kappa shape index (κ1) is 25.1. The van der Waals surface area contributed by atoms with Crippen molar-refractivity contribution in [1.82, 2.24) is 0 Å². The smallest absolute Gasteiger partial charge is 0.299 e. The third-order valence-corrected chi connectivity index (χ3v) is 7.42. The molecule has 6 rings (SSSR count). The zero-order valence-electron chi connectivity index (χ0n) is 21.2. The van der Waals surface area contributed by atoms with Gasteiger partial charge in [0.1, 0.15) is 12.2 Å². The molecule has 0 amide bonds. The van der Waals surface area contributed by atoms with E-state index in [1.54, 1.807) is 0 Å². The molecule has 0 saturated carbocycles. The van der Waals surface area contributed by atoms with E-state index in [0.29, 0.717) is 23.1 Å². The summed E-state index contributed by atoms with van der Waals surface area (Å²) in [6.07, 6.45) is 0. The normalized spacial score (nSPS) is 13.5. The van der Waals surface area contributed by atoms with Crippen molar-refractivity contribution in [2.75, 3.05) is 4.90 Å². The van der Waals surface area contributed by atoms with Crippen molar-refractivity contribution in [3.63, 3.8) is 0 Å². The predicted octanol–water partition coefficient (Wildman–Crippen LogP) is 8.75. The molecule has 5 aromatic rings. The maximum Gasteiger partial charge on any atom is 0.334 e. The number of halogens is 2. The van der Waals surface area contributed by atoms with Gasteiger partial charge >= 0.3 is 5.84 Å². The van der Waals surface area contributed by atoms with Crippen LogP contribution in [-0.2, 0) is 13.1 Å². The summed E-state index contributed by atoms with van der Waals surface area (Å²) in [6, 6.07) is 45.0. The summed E-state index contributed by atoms with van der Waals surface area (Å²) in [5.74, 6) is 1.70. The van der Waals surface area contributed by atoms with Gasteiger partial charge in [0.05, 0.1) is 33.4 Å². The lowest BCUT2D eigenvalue weighted by Crippen LogP contribution is -2.30. The number of aliphatic imine (C=N–C) groups is 1. The Kier molecular flexibility index (Phi) is 7.27. The van der Waals surface area contributed by atoms with Crippen LogP contribution in [0.5, 0.6) is 0 Å². The minimum atomic E-state index is 0.621. The molecule has 0 saturated heterocycles. The molecule has 0 fully saturated rings. The highest BCUT2D eigenvalue weighted by Gasteiger charge is 2.37. The lowest BCUT2D eigenvalue weighted by atomic mass is 10.1. The Bertz CT molecular complexity index is 1680. The Balaban J connectivity index is 1.58. The Morgan fingerprint density at radius 1 is 0.564 bits per heavy atom. The molecule has 1 aliphatic heterocycles. The summed E-state index contributed by atoms with van der Waals surface area (Å²) in [7, 11) is 0. The van der Waals surface area contributed by atoms with Crippen LogP contribution >= 0.6 is 23.2 Å². The van der Waals surface area contributed by atoms with E-state index >= 15 is 0 Å². The first-order valence-electron chi connectivity index (χ1n) is 12.9. The minimum Gasteiger partial charge on any atom is -0.299 e. The Labute approximate surface area is 238 Å². The monoisotopic (exact) mass is 546 g/mol. The summed E-state index contributed by atoms with van der Waals surface area (Å²) in [6.45, 7) is 1.24. The molecule has 3 nitrogen and oxygen atoms in total. The van der Waals surface area contributed by atoms with Gasteiger partial charge < -0.3 is 0 Å². The molecule has 0 N–H and O–H groups in total. The number of rotatable bonds is 6. The fraction of sp³-hybridized carbons (Fsp3) is 0.0588. The second-order valence-electron chi connectivity index (χ2n) is 9.35. The van der Waals surface area contributed by atoms with Crippen LogP contribution in [0.2, 0.25) is 10.0 Å². The van der Waals surface area contributed by atoms with Gasteiger partial charge in [0.25, 0.3) is 5.84 Å². The van der Waals surface area contributed by atoms with E-state index in [1.165, 1.54) is 11.1 Å². The highest BCUT2D eigenvalue weighted by molar-refractivity contribution is 6.35. The van der Waals surface area contributed by atoms with Crippen molar-refractivity contribution in [1.29, 1.82) is 0 Å². The number of hydrogen-bond donors (Lipinski definition) is 0. The molecule has 39 heavy (non-hydrogen) atoms. The topological polar surface area (TPSA) is 18.6 Å². The van der Waals surface area contributed by atoms with Crippen LogP contribution in [-0.4, -0.2) is 16.2 Å². The van der Waals surface area contributed by atoms with Crippen LogP contribution in [0.4, 0.5) is 11.4 Å². The fourth-order valence-corrected chi connectivity index (χ4v) is 5.40. The van der Waals surface area contributed by atoms with Crippen molar-refractivity contribution in [2.24, 2.45) is 4.99 Å². The Morgan fingerprint density at radius 3 is 1.82 bits per heavy atom. The van der Waals surface area contributed by atoms with Crippen molar-refractivity contribution < 1.29 is 4.58 Å². The molecule has 0 radical (unpaired) electrons. The maximum absolute atomic E-state index is 6.78. The summed E-state index contributed by atoms with van der Waals surface area (Å²) >= 11 is 13.6. The standard InChI is InChI=1S/C34H26Cl2N3/c35-29-19-9-11-21-31(29)38(23-25-13-3-1-4-14-25)33-27-17-7-8-18-28(27)34(37-33)39(24-26-15-5-2-6-16-26)32-22-12-10-20-30(32)36/h1-22H,23-24H2/q+1. The first-order valence-corrected chi connectivity index (χ1v) is 13.6. The van der Waals surface area contributed by atoms with E-state index in [2.05, 4.69) is 82.3 Å². The summed E-state index contributed by atoms with van der Waals surface area (Å²) in [5, 5.41) is 1.35. The summed E-state index contributed by atoms with van der Waals surface area (Å²) in [4.78, 5) is 7.56. The second kappa shape index (κ2) is 11.3. The van der Waals surface area contributed by atoms with Gasteiger partial charge in [-0.2, -0.15) is 0 Å².